The highest BCUT2D eigenvalue weighted by Crippen LogP contribution is 2.39. The SMILES string of the molecule is O=C(O)C1=CCS(=O)[C@H]2C(CSc3cc[n+]([O-])cc3)C(=O)N12. The van der Waals surface area contributed by atoms with E-state index in [1.807, 2.05) is 0 Å². The molecule has 0 aromatic carbocycles. The number of hydrogen-bond acceptors (Lipinski definition) is 5. The number of rotatable bonds is 4. The Morgan fingerprint density at radius 1 is 1.50 bits per heavy atom. The molecule has 9 heteroatoms. The van der Waals surface area contributed by atoms with Crippen molar-refractivity contribution in [1.29, 1.82) is 0 Å². The number of β-lactam (4-membered cyclic amide) rings is 1. The number of pyridine rings is 1. The van der Waals surface area contributed by atoms with Gasteiger partial charge in [-0.3, -0.25) is 13.9 Å². The second-order valence-electron chi connectivity index (χ2n) is 4.85. The van der Waals surface area contributed by atoms with Crippen molar-refractivity contribution in [3.63, 3.8) is 0 Å². The maximum absolute atomic E-state index is 12.2. The van der Waals surface area contributed by atoms with Gasteiger partial charge in [0.05, 0.1) is 5.92 Å². The van der Waals surface area contributed by atoms with E-state index < -0.39 is 28.1 Å². The molecule has 0 spiro atoms. The van der Waals surface area contributed by atoms with Gasteiger partial charge in [-0.1, -0.05) is 0 Å². The Kier molecular flexibility index (Phi) is 3.92. The first-order valence-corrected chi connectivity index (χ1v) is 8.81. The van der Waals surface area contributed by atoms with Gasteiger partial charge in [-0.15, -0.1) is 11.8 Å². The molecule has 0 saturated carbocycles. The van der Waals surface area contributed by atoms with Crippen molar-refractivity contribution < 1.29 is 23.6 Å². The molecule has 3 rings (SSSR count). The van der Waals surface area contributed by atoms with Crippen molar-refractivity contribution in [3.8, 4) is 0 Å². The summed E-state index contributed by atoms with van der Waals surface area (Å²) >= 11 is 1.38. The number of amides is 1. The highest BCUT2D eigenvalue weighted by Gasteiger charge is 2.54. The number of carbonyl (C=O) groups is 2. The standard InChI is InChI=1S/C13H12N2O5S2/c16-11-9(7-21-8-1-4-14(19)5-2-8)12-15(11)10(13(17)18)3-6-22(12)20/h1-5,9,12H,6-7H2,(H,17,18)/t9?,12-,22?/m0/s1. The maximum atomic E-state index is 12.2. The van der Waals surface area contributed by atoms with Gasteiger partial charge in [0.2, 0.25) is 5.91 Å². The minimum Gasteiger partial charge on any atom is -0.619 e. The summed E-state index contributed by atoms with van der Waals surface area (Å²) in [6, 6.07) is 3.28. The number of fused-ring (bicyclic) bond motifs is 1. The number of carboxylic acids is 1. The lowest BCUT2D eigenvalue weighted by Crippen LogP contribution is -2.65. The largest absolute Gasteiger partial charge is 0.619 e. The number of thioether (sulfide) groups is 1. The van der Waals surface area contributed by atoms with Crippen molar-refractivity contribution >= 4 is 34.4 Å². The molecule has 0 bridgehead atoms. The van der Waals surface area contributed by atoms with E-state index >= 15 is 0 Å². The molecule has 1 saturated heterocycles. The second-order valence-corrected chi connectivity index (χ2v) is 7.52. The Morgan fingerprint density at radius 3 is 2.82 bits per heavy atom. The van der Waals surface area contributed by atoms with Crippen LogP contribution < -0.4 is 4.73 Å². The molecule has 1 fully saturated rings. The minimum absolute atomic E-state index is 0.0806. The summed E-state index contributed by atoms with van der Waals surface area (Å²) in [6.07, 6.45) is 4.06. The third kappa shape index (κ3) is 2.50. The smallest absolute Gasteiger partial charge is 0.352 e. The minimum atomic E-state index is -1.28. The van der Waals surface area contributed by atoms with E-state index in [2.05, 4.69) is 0 Å². The number of carbonyl (C=O) groups excluding carboxylic acids is 1. The first-order chi connectivity index (χ1) is 10.5. The highest BCUT2D eigenvalue weighted by molar-refractivity contribution is 7.99. The Hall–Kier alpha value is -1.87. The van der Waals surface area contributed by atoms with Gasteiger partial charge in [-0.2, -0.15) is 4.73 Å². The molecule has 3 atom stereocenters. The van der Waals surface area contributed by atoms with Crippen LogP contribution in [0.25, 0.3) is 0 Å². The fourth-order valence-corrected chi connectivity index (χ4v) is 5.15. The van der Waals surface area contributed by atoms with Crippen molar-refractivity contribution in [2.45, 2.75) is 10.3 Å². The molecule has 22 heavy (non-hydrogen) atoms. The summed E-state index contributed by atoms with van der Waals surface area (Å²) in [7, 11) is -1.28. The number of carboxylic acid groups (broad SMARTS) is 1. The molecule has 1 N–H and O–H groups in total. The number of aliphatic carboxylic acids is 1. The average Bonchev–Trinajstić information content (AvgIpc) is 2.49. The fourth-order valence-electron chi connectivity index (χ4n) is 2.46. The molecule has 7 nitrogen and oxygen atoms in total. The highest BCUT2D eigenvalue weighted by atomic mass is 32.2. The zero-order valence-electron chi connectivity index (χ0n) is 11.2. The molecular weight excluding hydrogens is 328 g/mol. The maximum Gasteiger partial charge on any atom is 0.352 e. The first-order valence-electron chi connectivity index (χ1n) is 6.44. The van der Waals surface area contributed by atoms with E-state index in [-0.39, 0.29) is 17.4 Å². The van der Waals surface area contributed by atoms with Crippen LogP contribution in [0.4, 0.5) is 0 Å². The van der Waals surface area contributed by atoms with E-state index in [1.165, 1.54) is 30.2 Å². The number of nitrogens with zero attached hydrogens (tertiary/aromatic N) is 2. The summed E-state index contributed by atoms with van der Waals surface area (Å²) in [5.41, 5.74) is -0.0806. The van der Waals surface area contributed by atoms with E-state index in [4.69, 9.17) is 5.11 Å². The van der Waals surface area contributed by atoms with Gasteiger partial charge in [0, 0.05) is 39.3 Å². The van der Waals surface area contributed by atoms with E-state index in [0.29, 0.717) is 10.5 Å². The quantitative estimate of drug-likeness (QED) is 0.356. The topological polar surface area (TPSA) is 102 Å². The Bertz CT molecular complexity index is 688. The van der Waals surface area contributed by atoms with E-state index in [9.17, 15) is 19.0 Å². The summed E-state index contributed by atoms with van der Waals surface area (Å²) in [5.74, 6) is -1.40. The van der Waals surface area contributed by atoms with E-state index in [0.717, 1.165) is 9.80 Å². The number of hydrogen-bond donors (Lipinski definition) is 1. The molecule has 116 valence electrons. The average molecular weight is 340 g/mol. The van der Waals surface area contributed by atoms with Crippen LogP contribution in [-0.2, 0) is 20.4 Å². The Balaban J connectivity index is 1.70. The Morgan fingerprint density at radius 2 is 2.18 bits per heavy atom. The summed E-state index contributed by atoms with van der Waals surface area (Å²) in [5, 5.41) is 19.5. The normalized spacial score (nSPS) is 26.9. The van der Waals surface area contributed by atoms with Crippen molar-refractivity contribution in [2.24, 2.45) is 5.92 Å². The van der Waals surface area contributed by atoms with Crippen LogP contribution in [0.2, 0.25) is 0 Å². The van der Waals surface area contributed by atoms with Crippen LogP contribution in [0.1, 0.15) is 0 Å². The number of aromatic nitrogens is 1. The lowest BCUT2D eigenvalue weighted by Gasteiger charge is -2.47. The molecule has 1 amide bonds. The fraction of sp³-hybridized carbons (Fsp3) is 0.308. The van der Waals surface area contributed by atoms with E-state index in [1.54, 1.807) is 12.1 Å². The molecule has 2 aliphatic rings. The predicted octanol–water partition coefficient (Wildman–Crippen LogP) is -0.0726. The monoisotopic (exact) mass is 340 g/mol. The van der Waals surface area contributed by atoms with Crippen LogP contribution in [0.3, 0.4) is 0 Å². The molecule has 1 aromatic heterocycles. The van der Waals surface area contributed by atoms with Gasteiger partial charge in [-0.25, -0.2) is 4.79 Å². The van der Waals surface area contributed by atoms with Gasteiger partial charge in [-0.05, 0) is 6.08 Å². The lowest BCUT2D eigenvalue weighted by molar-refractivity contribution is -0.605. The third-order valence-corrected chi connectivity index (χ3v) is 6.25. The molecule has 2 unspecified atom stereocenters. The zero-order valence-corrected chi connectivity index (χ0v) is 12.9. The van der Waals surface area contributed by atoms with Crippen molar-refractivity contribution in [3.05, 3.63) is 41.5 Å². The van der Waals surface area contributed by atoms with Crippen LogP contribution in [0, 0.1) is 11.1 Å². The van der Waals surface area contributed by atoms with Gasteiger partial charge in [0.15, 0.2) is 12.4 Å². The molecule has 2 aliphatic heterocycles. The Labute approximate surface area is 132 Å². The summed E-state index contributed by atoms with van der Waals surface area (Å²) in [6.45, 7) is 0. The molecular formula is C13H12N2O5S2. The first kappa shape index (κ1) is 15.0. The van der Waals surface area contributed by atoms with Gasteiger partial charge in [0.25, 0.3) is 0 Å². The second kappa shape index (κ2) is 5.73. The molecule has 3 heterocycles. The lowest BCUT2D eigenvalue weighted by atomic mass is 9.99. The molecule has 0 radical (unpaired) electrons. The third-order valence-electron chi connectivity index (χ3n) is 3.54. The van der Waals surface area contributed by atoms with Crippen molar-refractivity contribution in [2.75, 3.05) is 11.5 Å². The molecule has 0 aliphatic carbocycles. The van der Waals surface area contributed by atoms with Crippen LogP contribution in [-0.4, -0.2) is 43.0 Å². The predicted molar refractivity (Wildman–Crippen MR) is 79.0 cm³/mol. The zero-order chi connectivity index (χ0) is 15.9. The van der Waals surface area contributed by atoms with Gasteiger partial charge >= 0.3 is 5.97 Å². The van der Waals surface area contributed by atoms with Crippen molar-refractivity contribution in [1.82, 2.24) is 4.90 Å². The van der Waals surface area contributed by atoms with Gasteiger partial charge in [0.1, 0.15) is 11.1 Å². The van der Waals surface area contributed by atoms with Gasteiger partial charge < -0.3 is 10.3 Å². The van der Waals surface area contributed by atoms with Crippen LogP contribution >= 0.6 is 11.8 Å². The molecule has 1 aromatic rings. The van der Waals surface area contributed by atoms with Crippen LogP contribution in [0.15, 0.2) is 41.2 Å². The summed E-state index contributed by atoms with van der Waals surface area (Å²) in [4.78, 5) is 25.2. The van der Waals surface area contributed by atoms with Crippen LogP contribution in [0.5, 0.6) is 0 Å². The summed E-state index contributed by atoms with van der Waals surface area (Å²) < 4.78 is 12.7.